The van der Waals surface area contributed by atoms with Gasteiger partial charge in [0, 0.05) is 36.4 Å². The molecule has 8 heteroatoms. The molecule has 1 aromatic rings. The lowest BCUT2D eigenvalue weighted by Gasteiger charge is -2.32. The molecule has 6 nitrogen and oxygen atoms in total. The maximum absolute atomic E-state index is 12.3. The van der Waals surface area contributed by atoms with E-state index in [0.717, 1.165) is 9.26 Å². The quantitative estimate of drug-likeness (QED) is 0.730. The van der Waals surface area contributed by atoms with Crippen LogP contribution < -0.4 is 5.32 Å². The van der Waals surface area contributed by atoms with E-state index >= 15 is 0 Å². The molecular formula is C14H20IN3O3S. The second-order valence-electron chi connectivity index (χ2n) is 5.48. The Morgan fingerprint density at radius 2 is 1.95 bits per heavy atom. The molecule has 2 rings (SSSR count). The van der Waals surface area contributed by atoms with Gasteiger partial charge < -0.3 is 5.32 Å². The van der Waals surface area contributed by atoms with Gasteiger partial charge in [-0.2, -0.15) is 17.0 Å². The largest absolute Gasteiger partial charge is 0.326 e. The van der Waals surface area contributed by atoms with Gasteiger partial charge in [0.25, 0.3) is 10.2 Å². The zero-order valence-electron chi connectivity index (χ0n) is 12.6. The van der Waals surface area contributed by atoms with E-state index in [-0.39, 0.29) is 18.4 Å². The molecule has 0 saturated carbocycles. The first-order valence-electron chi connectivity index (χ1n) is 7.05. The highest BCUT2D eigenvalue weighted by Crippen LogP contribution is 2.22. The van der Waals surface area contributed by atoms with Crippen LogP contribution in [0.1, 0.15) is 12.8 Å². The van der Waals surface area contributed by atoms with Crippen LogP contribution in [0.25, 0.3) is 0 Å². The van der Waals surface area contributed by atoms with Crippen LogP contribution in [-0.4, -0.2) is 50.1 Å². The molecular weight excluding hydrogens is 417 g/mol. The van der Waals surface area contributed by atoms with Crippen LogP contribution >= 0.6 is 22.6 Å². The van der Waals surface area contributed by atoms with Gasteiger partial charge in [-0.05, 0) is 59.7 Å². The number of hydrogen-bond donors (Lipinski definition) is 1. The highest BCUT2D eigenvalue weighted by Gasteiger charge is 2.33. The van der Waals surface area contributed by atoms with Gasteiger partial charge in [0.2, 0.25) is 5.91 Å². The highest BCUT2D eigenvalue weighted by molar-refractivity contribution is 14.1. The van der Waals surface area contributed by atoms with Crippen LogP contribution in [0.4, 0.5) is 5.69 Å². The molecule has 1 aliphatic heterocycles. The number of nitrogens with zero attached hydrogens (tertiary/aromatic N) is 2. The van der Waals surface area contributed by atoms with Gasteiger partial charge in [-0.3, -0.25) is 4.79 Å². The molecule has 0 spiro atoms. The number of carbonyl (C=O) groups is 1. The Hall–Kier alpha value is -0.710. The van der Waals surface area contributed by atoms with Crippen LogP contribution in [0, 0.1) is 9.49 Å². The van der Waals surface area contributed by atoms with Crippen molar-refractivity contribution in [1.29, 1.82) is 0 Å². The third-order valence-electron chi connectivity index (χ3n) is 3.65. The molecule has 1 fully saturated rings. The van der Waals surface area contributed by atoms with Crippen molar-refractivity contribution in [2.45, 2.75) is 12.8 Å². The predicted octanol–water partition coefficient (Wildman–Crippen LogP) is 1.75. The molecule has 1 N–H and O–H groups in total. The number of rotatable bonds is 4. The van der Waals surface area contributed by atoms with E-state index < -0.39 is 10.2 Å². The lowest BCUT2D eigenvalue weighted by molar-refractivity contribution is -0.120. The smallest absolute Gasteiger partial charge is 0.281 e. The minimum absolute atomic E-state index is 0.125. The van der Waals surface area contributed by atoms with Gasteiger partial charge in [-0.15, -0.1) is 0 Å². The minimum Gasteiger partial charge on any atom is -0.326 e. The zero-order chi connectivity index (χ0) is 16.3. The second kappa shape index (κ2) is 7.24. The monoisotopic (exact) mass is 437 g/mol. The molecule has 1 atom stereocenters. The van der Waals surface area contributed by atoms with Gasteiger partial charge in [-0.25, -0.2) is 0 Å². The van der Waals surface area contributed by atoms with E-state index in [1.807, 2.05) is 24.3 Å². The van der Waals surface area contributed by atoms with Crippen molar-refractivity contribution in [2.75, 3.05) is 32.5 Å². The fourth-order valence-electron chi connectivity index (χ4n) is 2.37. The maximum Gasteiger partial charge on any atom is 0.281 e. The van der Waals surface area contributed by atoms with Gasteiger partial charge in [0.1, 0.15) is 0 Å². The molecule has 1 aromatic carbocycles. The summed E-state index contributed by atoms with van der Waals surface area (Å²) < 4.78 is 28.0. The van der Waals surface area contributed by atoms with E-state index in [1.165, 1.54) is 22.7 Å². The normalized spacial score (nSPS) is 20.1. The lowest BCUT2D eigenvalue weighted by Crippen LogP contribution is -2.47. The molecule has 0 aromatic heterocycles. The standard InChI is InChI=1S/C14H20IN3O3S/c1-17(2)22(20,21)18-9-3-4-11(10-18)14(19)16-13-7-5-12(15)6-8-13/h5-8,11H,3-4,9-10H2,1-2H3,(H,16,19)/t11-/m1/s1. The predicted molar refractivity (Wildman–Crippen MR) is 94.7 cm³/mol. The topological polar surface area (TPSA) is 69.7 Å². The first-order valence-corrected chi connectivity index (χ1v) is 9.52. The summed E-state index contributed by atoms with van der Waals surface area (Å²) >= 11 is 2.20. The molecule has 0 unspecified atom stereocenters. The Balaban J connectivity index is 2.03. The van der Waals surface area contributed by atoms with Crippen LogP contribution in [-0.2, 0) is 15.0 Å². The van der Waals surface area contributed by atoms with E-state index in [4.69, 9.17) is 0 Å². The Morgan fingerprint density at radius 1 is 1.32 bits per heavy atom. The Morgan fingerprint density at radius 3 is 2.55 bits per heavy atom. The van der Waals surface area contributed by atoms with Crippen LogP contribution in [0.3, 0.4) is 0 Å². The summed E-state index contributed by atoms with van der Waals surface area (Å²) in [5, 5.41) is 2.86. The van der Waals surface area contributed by atoms with E-state index in [0.29, 0.717) is 19.4 Å². The number of carbonyl (C=O) groups excluding carboxylic acids is 1. The number of piperidine rings is 1. The third kappa shape index (κ3) is 4.18. The third-order valence-corrected chi connectivity index (χ3v) is 6.28. The highest BCUT2D eigenvalue weighted by atomic mass is 127. The molecule has 1 amide bonds. The van der Waals surface area contributed by atoms with Crippen molar-refractivity contribution in [3.8, 4) is 0 Å². The van der Waals surface area contributed by atoms with Crippen molar-refractivity contribution in [2.24, 2.45) is 5.92 Å². The SMILES string of the molecule is CN(C)S(=O)(=O)N1CCC[C@@H](C(=O)Nc2ccc(I)cc2)C1. The van der Waals surface area contributed by atoms with Crippen molar-refractivity contribution in [1.82, 2.24) is 8.61 Å². The van der Waals surface area contributed by atoms with Crippen LogP contribution in [0.5, 0.6) is 0 Å². The zero-order valence-corrected chi connectivity index (χ0v) is 15.6. The minimum atomic E-state index is -3.46. The molecule has 1 heterocycles. The molecule has 0 radical (unpaired) electrons. The Bertz CT molecular complexity index is 631. The summed E-state index contributed by atoms with van der Waals surface area (Å²) in [6, 6.07) is 7.52. The molecule has 122 valence electrons. The van der Waals surface area contributed by atoms with Gasteiger partial charge in [-0.1, -0.05) is 0 Å². The van der Waals surface area contributed by atoms with Crippen molar-refractivity contribution in [3.63, 3.8) is 0 Å². The van der Waals surface area contributed by atoms with E-state index in [2.05, 4.69) is 27.9 Å². The maximum atomic E-state index is 12.3. The Labute approximate surface area is 145 Å². The summed E-state index contributed by atoms with van der Waals surface area (Å²) in [6.07, 6.45) is 1.40. The summed E-state index contributed by atoms with van der Waals surface area (Å²) in [5.74, 6) is -0.442. The second-order valence-corrected chi connectivity index (χ2v) is 8.87. The van der Waals surface area contributed by atoms with E-state index in [1.54, 1.807) is 0 Å². The fourth-order valence-corrected chi connectivity index (χ4v) is 3.92. The number of amides is 1. The average molecular weight is 437 g/mol. The summed E-state index contributed by atoms with van der Waals surface area (Å²) in [4.78, 5) is 12.3. The number of anilines is 1. The number of nitrogens with one attached hydrogen (secondary N) is 1. The molecule has 1 aliphatic rings. The molecule has 0 bridgehead atoms. The first kappa shape index (κ1) is 17.6. The van der Waals surface area contributed by atoms with Crippen molar-refractivity contribution < 1.29 is 13.2 Å². The molecule has 1 saturated heterocycles. The van der Waals surface area contributed by atoms with Gasteiger partial charge in [0.15, 0.2) is 0 Å². The molecule has 0 aliphatic carbocycles. The number of benzene rings is 1. The van der Waals surface area contributed by atoms with Gasteiger partial charge in [0.05, 0.1) is 5.92 Å². The van der Waals surface area contributed by atoms with Crippen LogP contribution in [0.15, 0.2) is 24.3 Å². The summed E-state index contributed by atoms with van der Waals surface area (Å²) in [7, 11) is -0.450. The van der Waals surface area contributed by atoms with Crippen molar-refractivity contribution in [3.05, 3.63) is 27.8 Å². The van der Waals surface area contributed by atoms with Crippen molar-refractivity contribution >= 4 is 44.4 Å². The summed E-state index contributed by atoms with van der Waals surface area (Å²) in [6.45, 7) is 0.699. The number of halogens is 1. The molecule has 22 heavy (non-hydrogen) atoms. The summed E-state index contributed by atoms with van der Waals surface area (Å²) in [5.41, 5.74) is 0.734. The van der Waals surface area contributed by atoms with E-state index in [9.17, 15) is 13.2 Å². The van der Waals surface area contributed by atoms with Gasteiger partial charge >= 0.3 is 0 Å². The average Bonchev–Trinajstić information content (AvgIpc) is 2.49. The Kier molecular flexibility index (Phi) is 5.81. The lowest BCUT2D eigenvalue weighted by atomic mass is 9.99. The number of hydrogen-bond acceptors (Lipinski definition) is 3. The van der Waals surface area contributed by atoms with Crippen LogP contribution in [0.2, 0.25) is 0 Å². The fraction of sp³-hybridized carbons (Fsp3) is 0.500. The first-order chi connectivity index (χ1) is 10.3.